The van der Waals surface area contributed by atoms with E-state index in [1.165, 1.54) is 6.07 Å². The molecule has 1 atom stereocenters. The highest BCUT2D eigenvalue weighted by atomic mass is 35.5. The Kier molecular flexibility index (Phi) is 3.94. The van der Waals surface area contributed by atoms with Crippen molar-refractivity contribution < 1.29 is 4.39 Å². The molecule has 1 fully saturated rings. The lowest BCUT2D eigenvalue weighted by Gasteiger charge is -2.23. The minimum atomic E-state index is -0.362. The van der Waals surface area contributed by atoms with E-state index in [4.69, 9.17) is 11.6 Å². The second kappa shape index (κ2) is 5.85. The lowest BCUT2D eigenvalue weighted by Crippen LogP contribution is -2.23. The molecule has 0 amide bonds. The van der Waals surface area contributed by atoms with Crippen LogP contribution in [0.15, 0.2) is 36.8 Å². The molecular formula is C15H15ClFN3. The van der Waals surface area contributed by atoms with Crippen molar-refractivity contribution in [3.05, 3.63) is 58.9 Å². The second-order valence-corrected chi connectivity index (χ2v) is 5.41. The first-order valence-corrected chi connectivity index (χ1v) is 7.06. The van der Waals surface area contributed by atoms with Gasteiger partial charge in [-0.3, -0.25) is 14.9 Å². The molecule has 0 spiro atoms. The van der Waals surface area contributed by atoms with E-state index in [1.54, 1.807) is 18.5 Å². The van der Waals surface area contributed by atoms with Crippen LogP contribution < -0.4 is 0 Å². The van der Waals surface area contributed by atoms with Gasteiger partial charge in [0, 0.05) is 25.1 Å². The van der Waals surface area contributed by atoms with Crippen LogP contribution in [0.1, 0.15) is 30.1 Å². The Morgan fingerprint density at radius 2 is 2.25 bits per heavy atom. The zero-order valence-electron chi connectivity index (χ0n) is 11.0. The third-order valence-electron chi connectivity index (χ3n) is 3.66. The summed E-state index contributed by atoms with van der Waals surface area (Å²) in [7, 11) is 0. The quantitative estimate of drug-likeness (QED) is 0.865. The first-order chi connectivity index (χ1) is 9.74. The van der Waals surface area contributed by atoms with E-state index < -0.39 is 0 Å². The monoisotopic (exact) mass is 291 g/mol. The maximum atomic E-state index is 13.5. The molecule has 3 nitrogen and oxygen atoms in total. The van der Waals surface area contributed by atoms with Crippen molar-refractivity contribution >= 4 is 11.6 Å². The molecule has 0 aliphatic carbocycles. The largest absolute Gasteiger partial charge is 0.290 e. The molecule has 5 heteroatoms. The standard InChI is InChI=1S/C15H15ClFN3/c16-12-4-3-11(8-13(12)17)10-20-7-1-2-15(20)14-9-18-5-6-19-14/h3-6,8-9,15H,1-2,7,10H2/t15-/m1/s1. The number of hydrogen-bond donors (Lipinski definition) is 0. The van der Waals surface area contributed by atoms with Crippen LogP contribution in [-0.2, 0) is 6.54 Å². The van der Waals surface area contributed by atoms with Gasteiger partial charge in [-0.15, -0.1) is 0 Å². The van der Waals surface area contributed by atoms with Crippen LogP contribution in [0.4, 0.5) is 4.39 Å². The van der Waals surface area contributed by atoms with Gasteiger partial charge in [0.05, 0.1) is 16.8 Å². The van der Waals surface area contributed by atoms with Crippen LogP contribution in [0, 0.1) is 5.82 Å². The molecule has 0 N–H and O–H groups in total. The Morgan fingerprint density at radius 1 is 1.35 bits per heavy atom. The van der Waals surface area contributed by atoms with Crippen LogP contribution in [0.25, 0.3) is 0 Å². The van der Waals surface area contributed by atoms with Gasteiger partial charge in [0.15, 0.2) is 0 Å². The third-order valence-corrected chi connectivity index (χ3v) is 3.96. The lowest BCUT2D eigenvalue weighted by atomic mass is 10.1. The molecular weight excluding hydrogens is 277 g/mol. The Bertz CT molecular complexity index is 591. The first-order valence-electron chi connectivity index (χ1n) is 6.68. The summed E-state index contributed by atoms with van der Waals surface area (Å²) in [6, 6.07) is 5.26. The number of rotatable bonds is 3. The minimum absolute atomic E-state index is 0.167. The number of aromatic nitrogens is 2. The molecule has 1 saturated heterocycles. The van der Waals surface area contributed by atoms with Gasteiger partial charge in [-0.05, 0) is 37.1 Å². The zero-order chi connectivity index (χ0) is 13.9. The normalized spacial score (nSPS) is 19.4. The molecule has 3 rings (SSSR count). The Hall–Kier alpha value is -1.52. The van der Waals surface area contributed by atoms with Crippen molar-refractivity contribution in [3.8, 4) is 0 Å². The molecule has 1 aliphatic rings. The van der Waals surface area contributed by atoms with Crippen molar-refractivity contribution in [3.63, 3.8) is 0 Å². The molecule has 2 heterocycles. The molecule has 2 aromatic rings. The fourth-order valence-corrected chi connectivity index (χ4v) is 2.82. The van der Waals surface area contributed by atoms with Gasteiger partial charge in [0.25, 0.3) is 0 Å². The molecule has 1 aromatic heterocycles. The SMILES string of the molecule is Fc1cc(CN2CCC[C@@H]2c2cnccn2)ccc1Cl. The van der Waals surface area contributed by atoms with Gasteiger partial charge < -0.3 is 0 Å². The molecule has 104 valence electrons. The number of halogens is 2. The number of hydrogen-bond acceptors (Lipinski definition) is 3. The first kappa shape index (κ1) is 13.5. The van der Waals surface area contributed by atoms with Gasteiger partial charge in [-0.2, -0.15) is 0 Å². The number of nitrogens with zero attached hydrogens (tertiary/aromatic N) is 3. The summed E-state index contributed by atoms with van der Waals surface area (Å²) in [6.07, 6.45) is 7.39. The number of likely N-dealkylation sites (tertiary alicyclic amines) is 1. The highest BCUT2D eigenvalue weighted by Gasteiger charge is 2.27. The van der Waals surface area contributed by atoms with E-state index in [2.05, 4.69) is 14.9 Å². The predicted octanol–water partition coefficient (Wildman–Crippen LogP) is 3.61. The summed E-state index contributed by atoms with van der Waals surface area (Å²) in [5.41, 5.74) is 1.92. The topological polar surface area (TPSA) is 29.0 Å². The van der Waals surface area contributed by atoms with Crippen molar-refractivity contribution in [1.82, 2.24) is 14.9 Å². The fraction of sp³-hybridized carbons (Fsp3) is 0.333. The molecule has 1 aromatic carbocycles. The Balaban J connectivity index is 1.77. The summed E-state index contributed by atoms with van der Waals surface area (Å²) in [5, 5.41) is 0.167. The molecule has 20 heavy (non-hydrogen) atoms. The van der Waals surface area contributed by atoms with Crippen molar-refractivity contribution in [2.24, 2.45) is 0 Å². The summed E-state index contributed by atoms with van der Waals surface area (Å²) in [5.74, 6) is -0.362. The van der Waals surface area contributed by atoms with Crippen LogP contribution in [-0.4, -0.2) is 21.4 Å². The molecule has 0 unspecified atom stereocenters. The summed E-state index contributed by atoms with van der Waals surface area (Å²) >= 11 is 5.71. The van der Waals surface area contributed by atoms with Gasteiger partial charge in [-0.25, -0.2) is 4.39 Å². The smallest absolute Gasteiger partial charge is 0.142 e. The fourth-order valence-electron chi connectivity index (χ4n) is 2.71. The van der Waals surface area contributed by atoms with Crippen molar-refractivity contribution in [1.29, 1.82) is 0 Å². The van der Waals surface area contributed by atoms with Crippen molar-refractivity contribution in [2.75, 3.05) is 6.54 Å². The molecule has 0 radical (unpaired) electrons. The zero-order valence-corrected chi connectivity index (χ0v) is 11.7. The van der Waals surface area contributed by atoms with E-state index in [0.29, 0.717) is 6.54 Å². The van der Waals surface area contributed by atoms with E-state index in [1.807, 2.05) is 12.3 Å². The van der Waals surface area contributed by atoms with Crippen LogP contribution >= 0.6 is 11.6 Å². The minimum Gasteiger partial charge on any atom is -0.290 e. The average Bonchev–Trinajstić information content (AvgIpc) is 2.92. The molecule has 1 aliphatic heterocycles. The second-order valence-electron chi connectivity index (χ2n) is 5.01. The lowest BCUT2D eigenvalue weighted by molar-refractivity contribution is 0.243. The summed E-state index contributed by atoms with van der Waals surface area (Å²) in [6.45, 7) is 1.70. The Labute approximate surface area is 122 Å². The van der Waals surface area contributed by atoms with Crippen molar-refractivity contribution in [2.45, 2.75) is 25.4 Å². The van der Waals surface area contributed by atoms with E-state index in [-0.39, 0.29) is 16.9 Å². The summed E-state index contributed by atoms with van der Waals surface area (Å²) in [4.78, 5) is 10.8. The van der Waals surface area contributed by atoms with E-state index >= 15 is 0 Å². The van der Waals surface area contributed by atoms with Crippen LogP contribution in [0.5, 0.6) is 0 Å². The average molecular weight is 292 g/mol. The van der Waals surface area contributed by atoms with Gasteiger partial charge in [0.2, 0.25) is 0 Å². The molecule has 0 saturated carbocycles. The van der Waals surface area contributed by atoms with E-state index in [0.717, 1.165) is 30.6 Å². The maximum Gasteiger partial charge on any atom is 0.142 e. The van der Waals surface area contributed by atoms with Crippen LogP contribution in [0.3, 0.4) is 0 Å². The number of benzene rings is 1. The van der Waals surface area contributed by atoms with Crippen LogP contribution in [0.2, 0.25) is 5.02 Å². The summed E-state index contributed by atoms with van der Waals surface area (Å²) < 4.78 is 13.5. The maximum absolute atomic E-state index is 13.5. The van der Waals surface area contributed by atoms with Gasteiger partial charge in [0.1, 0.15) is 5.82 Å². The van der Waals surface area contributed by atoms with Gasteiger partial charge in [-0.1, -0.05) is 17.7 Å². The predicted molar refractivity (Wildman–Crippen MR) is 75.8 cm³/mol. The highest BCUT2D eigenvalue weighted by molar-refractivity contribution is 6.30. The highest BCUT2D eigenvalue weighted by Crippen LogP contribution is 2.31. The molecule has 0 bridgehead atoms. The third kappa shape index (κ3) is 2.81. The Morgan fingerprint density at radius 3 is 3.00 bits per heavy atom. The van der Waals surface area contributed by atoms with Gasteiger partial charge >= 0.3 is 0 Å². The van der Waals surface area contributed by atoms with E-state index in [9.17, 15) is 4.39 Å².